The summed E-state index contributed by atoms with van der Waals surface area (Å²) in [6.07, 6.45) is -1.63. The van der Waals surface area contributed by atoms with Crippen LogP contribution in [0.4, 0.5) is 0 Å². The lowest BCUT2D eigenvalue weighted by Gasteiger charge is -2.44. The van der Waals surface area contributed by atoms with Gasteiger partial charge in [0, 0.05) is 5.92 Å². The smallest absolute Gasteiger partial charge is 0.338 e. The van der Waals surface area contributed by atoms with Crippen molar-refractivity contribution >= 4 is 11.9 Å². The van der Waals surface area contributed by atoms with Gasteiger partial charge in [0.1, 0.15) is 6.10 Å². The standard InChI is InChI=1S/C44H36O4/c1-29-17-15-26-35(31-18-7-3-8-19-31)38(29)40-37-28-16-27-36(32-20-9-4-10-21-32)39(37)30(2)41(47-43(45)33-22-11-5-12-23-33)42(40)48-44(46)34-24-13-6-14-25-34/h3-28,30,40-42H,1-2H3. The quantitative estimate of drug-likeness (QED) is 0.165. The maximum absolute atomic E-state index is 14.0. The van der Waals surface area contributed by atoms with Crippen molar-refractivity contribution in [3.05, 3.63) is 191 Å². The fraction of sp³-hybridized carbons (Fsp3) is 0.136. The van der Waals surface area contributed by atoms with E-state index in [9.17, 15) is 9.59 Å². The van der Waals surface area contributed by atoms with E-state index in [0.29, 0.717) is 11.1 Å². The van der Waals surface area contributed by atoms with Crippen molar-refractivity contribution in [3.63, 3.8) is 0 Å². The molecule has 0 bridgehead atoms. The number of benzene rings is 6. The average Bonchev–Trinajstić information content (AvgIpc) is 3.14. The molecule has 48 heavy (non-hydrogen) atoms. The number of rotatable bonds is 7. The normalized spacial score (nSPS) is 18.4. The van der Waals surface area contributed by atoms with Gasteiger partial charge in [0.25, 0.3) is 0 Å². The third kappa shape index (κ3) is 5.93. The van der Waals surface area contributed by atoms with E-state index in [-0.39, 0.29) is 5.92 Å². The first-order chi connectivity index (χ1) is 23.5. The zero-order valence-corrected chi connectivity index (χ0v) is 27.0. The SMILES string of the molecule is Cc1cccc(-c2ccccc2)c1C1c2cccc(-c3ccccc3)c2C(C)C(OC(=O)c2ccccc2)C1OC(=O)c1ccccc1. The number of hydrogen-bond acceptors (Lipinski definition) is 4. The average molecular weight is 629 g/mol. The molecule has 4 atom stereocenters. The Hall–Kier alpha value is -5.74. The maximum atomic E-state index is 14.0. The van der Waals surface area contributed by atoms with E-state index in [2.05, 4.69) is 74.5 Å². The van der Waals surface area contributed by atoms with Gasteiger partial charge >= 0.3 is 11.9 Å². The minimum Gasteiger partial charge on any atom is -0.454 e. The molecule has 1 aliphatic carbocycles. The van der Waals surface area contributed by atoms with Gasteiger partial charge in [-0.05, 0) is 75.7 Å². The monoisotopic (exact) mass is 628 g/mol. The molecule has 0 saturated heterocycles. The number of esters is 2. The predicted octanol–water partition coefficient (Wildman–Crippen LogP) is 10.0. The van der Waals surface area contributed by atoms with Gasteiger partial charge in [-0.15, -0.1) is 0 Å². The van der Waals surface area contributed by atoms with E-state index in [1.807, 2.05) is 72.8 Å². The summed E-state index contributed by atoms with van der Waals surface area (Å²) in [5.41, 5.74) is 9.33. The molecule has 236 valence electrons. The zero-order chi connectivity index (χ0) is 33.0. The predicted molar refractivity (Wildman–Crippen MR) is 190 cm³/mol. The van der Waals surface area contributed by atoms with Gasteiger partial charge in [0.05, 0.1) is 17.0 Å². The third-order valence-corrected chi connectivity index (χ3v) is 9.39. The highest BCUT2D eigenvalue weighted by molar-refractivity contribution is 5.91. The van der Waals surface area contributed by atoms with E-state index in [4.69, 9.17) is 9.47 Å². The van der Waals surface area contributed by atoms with Crippen LogP contribution in [0.15, 0.2) is 158 Å². The second-order valence-electron chi connectivity index (χ2n) is 12.3. The van der Waals surface area contributed by atoms with Crippen LogP contribution in [0.2, 0.25) is 0 Å². The molecule has 0 radical (unpaired) electrons. The second kappa shape index (κ2) is 13.5. The molecule has 4 heteroatoms. The van der Waals surface area contributed by atoms with Crippen LogP contribution in [0.1, 0.15) is 61.7 Å². The molecule has 0 fully saturated rings. The lowest BCUT2D eigenvalue weighted by Crippen LogP contribution is -2.47. The Morgan fingerprint density at radius 2 is 0.917 bits per heavy atom. The molecule has 0 N–H and O–H groups in total. The van der Waals surface area contributed by atoms with Crippen LogP contribution in [0.3, 0.4) is 0 Å². The molecule has 0 saturated carbocycles. The summed E-state index contributed by atoms with van der Waals surface area (Å²) in [7, 11) is 0. The lowest BCUT2D eigenvalue weighted by molar-refractivity contribution is -0.0531. The Labute approximate surface area is 281 Å². The summed E-state index contributed by atoms with van der Waals surface area (Å²) in [4.78, 5) is 27.8. The zero-order valence-electron chi connectivity index (χ0n) is 27.0. The van der Waals surface area contributed by atoms with Gasteiger partial charge in [-0.25, -0.2) is 9.59 Å². The van der Waals surface area contributed by atoms with Gasteiger partial charge in [0.15, 0.2) is 6.10 Å². The molecule has 6 aromatic rings. The first-order valence-corrected chi connectivity index (χ1v) is 16.4. The van der Waals surface area contributed by atoms with E-state index in [0.717, 1.165) is 44.5 Å². The molecule has 0 heterocycles. The van der Waals surface area contributed by atoms with Gasteiger partial charge in [-0.2, -0.15) is 0 Å². The summed E-state index contributed by atoms with van der Waals surface area (Å²) >= 11 is 0. The number of carbonyl (C=O) groups is 2. The van der Waals surface area contributed by atoms with Crippen molar-refractivity contribution in [1.82, 2.24) is 0 Å². The van der Waals surface area contributed by atoms with E-state index < -0.39 is 30.1 Å². The van der Waals surface area contributed by atoms with Crippen LogP contribution in [0, 0.1) is 6.92 Å². The molecular weight excluding hydrogens is 592 g/mol. The summed E-state index contributed by atoms with van der Waals surface area (Å²) in [6.45, 7) is 4.17. The number of carbonyl (C=O) groups excluding carboxylic acids is 2. The number of ether oxygens (including phenoxy) is 2. The lowest BCUT2D eigenvalue weighted by atomic mass is 9.67. The first-order valence-electron chi connectivity index (χ1n) is 16.4. The Balaban J connectivity index is 1.48. The van der Waals surface area contributed by atoms with Crippen LogP contribution < -0.4 is 0 Å². The molecular formula is C44H36O4. The van der Waals surface area contributed by atoms with Crippen molar-refractivity contribution in [2.24, 2.45) is 0 Å². The Morgan fingerprint density at radius 3 is 1.44 bits per heavy atom. The summed E-state index contributed by atoms with van der Waals surface area (Å²) in [5, 5.41) is 0. The third-order valence-electron chi connectivity index (χ3n) is 9.39. The minimum atomic E-state index is -0.831. The Kier molecular flexibility index (Phi) is 8.72. The summed E-state index contributed by atoms with van der Waals surface area (Å²) in [5.74, 6) is -1.67. The van der Waals surface area contributed by atoms with Crippen LogP contribution in [0.25, 0.3) is 22.3 Å². The van der Waals surface area contributed by atoms with Crippen LogP contribution in [-0.4, -0.2) is 24.1 Å². The number of hydrogen-bond donors (Lipinski definition) is 0. The second-order valence-corrected chi connectivity index (χ2v) is 12.3. The van der Waals surface area contributed by atoms with Crippen molar-refractivity contribution < 1.29 is 19.1 Å². The molecule has 0 aliphatic heterocycles. The molecule has 0 aromatic heterocycles. The fourth-order valence-electron chi connectivity index (χ4n) is 7.17. The molecule has 4 nitrogen and oxygen atoms in total. The van der Waals surface area contributed by atoms with Crippen molar-refractivity contribution in [2.45, 2.75) is 37.9 Å². The van der Waals surface area contributed by atoms with Crippen molar-refractivity contribution in [2.75, 3.05) is 0 Å². The summed E-state index contributed by atoms with van der Waals surface area (Å²) in [6, 6.07) is 51.2. The first kappa shape index (κ1) is 30.9. The molecule has 4 unspecified atom stereocenters. The molecule has 7 rings (SSSR count). The van der Waals surface area contributed by atoms with Crippen LogP contribution in [-0.2, 0) is 9.47 Å². The topological polar surface area (TPSA) is 52.6 Å². The molecule has 0 amide bonds. The van der Waals surface area contributed by atoms with Gasteiger partial charge in [-0.1, -0.05) is 140 Å². The maximum Gasteiger partial charge on any atom is 0.338 e. The van der Waals surface area contributed by atoms with E-state index >= 15 is 0 Å². The van der Waals surface area contributed by atoms with E-state index in [1.54, 1.807) is 24.3 Å². The minimum absolute atomic E-state index is 0.307. The molecule has 6 aromatic carbocycles. The van der Waals surface area contributed by atoms with Crippen LogP contribution >= 0.6 is 0 Å². The van der Waals surface area contributed by atoms with Crippen molar-refractivity contribution in [1.29, 1.82) is 0 Å². The Bertz CT molecular complexity index is 2040. The highest BCUT2D eigenvalue weighted by atomic mass is 16.6. The number of aryl methyl sites for hydroxylation is 1. The Morgan fingerprint density at radius 1 is 0.479 bits per heavy atom. The highest BCUT2D eigenvalue weighted by Crippen LogP contribution is 2.51. The largest absolute Gasteiger partial charge is 0.454 e. The van der Waals surface area contributed by atoms with Crippen LogP contribution in [0.5, 0.6) is 0 Å². The van der Waals surface area contributed by atoms with Gasteiger partial charge < -0.3 is 9.47 Å². The van der Waals surface area contributed by atoms with Crippen molar-refractivity contribution in [3.8, 4) is 22.3 Å². The van der Waals surface area contributed by atoms with Gasteiger partial charge in [0.2, 0.25) is 0 Å². The fourth-order valence-corrected chi connectivity index (χ4v) is 7.17. The highest BCUT2D eigenvalue weighted by Gasteiger charge is 2.48. The molecule has 1 aliphatic rings. The number of fused-ring (bicyclic) bond motifs is 1. The van der Waals surface area contributed by atoms with E-state index in [1.165, 1.54) is 0 Å². The van der Waals surface area contributed by atoms with Gasteiger partial charge in [-0.3, -0.25) is 0 Å². The molecule has 0 spiro atoms. The summed E-state index contributed by atoms with van der Waals surface area (Å²) < 4.78 is 13.1.